The molecule has 0 bridgehead atoms. The zero-order valence-corrected chi connectivity index (χ0v) is 27.1. The molecule has 7 nitrogen and oxygen atoms in total. The standard InChI is InChI=1S/C35H33ClN4O3S/c1-7-42-34(41)31(43-35(3,4)5)28-20(2)17-26-32(29(28)21-10-13-24(36)14-11-21)44-33(38-26)22-12-15-27-25(18-22)30(39-40(27)6)23-9-8-16-37-19-23/h8-19,31H,7H2,1-6H3/t31-/m0/s1. The predicted molar refractivity (Wildman–Crippen MR) is 178 cm³/mol. The van der Waals surface area contributed by atoms with Crippen molar-refractivity contribution in [1.29, 1.82) is 0 Å². The van der Waals surface area contributed by atoms with Crippen LogP contribution in [0.2, 0.25) is 5.02 Å². The minimum absolute atomic E-state index is 0.253. The van der Waals surface area contributed by atoms with Crippen LogP contribution in [0.15, 0.2) is 73.1 Å². The highest BCUT2D eigenvalue weighted by Gasteiger charge is 2.33. The lowest BCUT2D eigenvalue weighted by Crippen LogP contribution is -2.29. The number of benzene rings is 3. The Kier molecular flexibility index (Phi) is 8.01. The molecule has 0 radical (unpaired) electrons. The van der Waals surface area contributed by atoms with E-state index in [1.807, 2.05) is 88.1 Å². The summed E-state index contributed by atoms with van der Waals surface area (Å²) in [5.41, 5.74) is 7.53. The van der Waals surface area contributed by atoms with Crippen LogP contribution in [0.4, 0.5) is 0 Å². The van der Waals surface area contributed by atoms with Crippen LogP contribution in [0, 0.1) is 6.92 Å². The molecule has 0 aliphatic carbocycles. The molecule has 1 atom stereocenters. The monoisotopic (exact) mass is 624 g/mol. The molecule has 0 saturated heterocycles. The number of hydrogen-bond acceptors (Lipinski definition) is 7. The average molecular weight is 625 g/mol. The number of nitrogens with zero attached hydrogens (tertiary/aromatic N) is 4. The SMILES string of the molecule is CCOC(=O)[C@@H](OC(C)(C)C)c1c(C)cc2nc(-c3ccc4c(c3)c(-c3cccnc3)nn4C)sc2c1-c1ccc(Cl)cc1. The van der Waals surface area contributed by atoms with E-state index in [0.717, 1.165) is 65.2 Å². The number of ether oxygens (including phenoxy) is 2. The Labute approximate surface area is 265 Å². The highest BCUT2D eigenvalue weighted by Crippen LogP contribution is 2.45. The van der Waals surface area contributed by atoms with E-state index in [-0.39, 0.29) is 6.61 Å². The van der Waals surface area contributed by atoms with E-state index in [0.29, 0.717) is 5.02 Å². The van der Waals surface area contributed by atoms with Crippen LogP contribution in [-0.2, 0) is 21.3 Å². The zero-order chi connectivity index (χ0) is 31.2. The first kappa shape index (κ1) is 29.9. The number of fused-ring (bicyclic) bond motifs is 2. The molecular formula is C35H33ClN4O3S. The maximum Gasteiger partial charge on any atom is 0.339 e. The fourth-order valence-electron chi connectivity index (χ4n) is 5.49. The van der Waals surface area contributed by atoms with Crippen molar-refractivity contribution < 1.29 is 14.3 Å². The fourth-order valence-corrected chi connectivity index (χ4v) is 6.73. The minimum Gasteiger partial charge on any atom is -0.464 e. The number of esters is 1. The van der Waals surface area contributed by atoms with Gasteiger partial charge in [-0.05, 0) is 94.3 Å². The number of rotatable bonds is 7. The third kappa shape index (κ3) is 5.73. The van der Waals surface area contributed by atoms with Crippen molar-refractivity contribution in [2.24, 2.45) is 7.05 Å². The summed E-state index contributed by atoms with van der Waals surface area (Å²) in [7, 11) is 1.95. The topological polar surface area (TPSA) is 79.1 Å². The first-order valence-electron chi connectivity index (χ1n) is 14.5. The summed E-state index contributed by atoms with van der Waals surface area (Å²) in [6, 6.07) is 19.9. The molecule has 3 aromatic heterocycles. The Balaban J connectivity index is 1.58. The second-order valence-electron chi connectivity index (χ2n) is 11.7. The number of thiazole rings is 1. The smallest absolute Gasteiger partial charge is 0.339 e. The molecule has 6 rings (SSSR count). The molecule has 224 valence electrons. The number of pyridine rings is 1. The molecule has 0 aliphatic heterocycles. The molecule has 3 heterocycles. The molecule has 0 fully saturated rings. The summed E-state index contributed by atoms with van der Waals surface area (Å²) in [5.74, 6) is -0.421. The average Bonchev–Trinajstić information content (AvgIpc) is 3.56. The number of carbonyl (C=O) groups is 1. The summed E-state index contributed by atoms with van der Waals surface area (Å²) in [4.78, 5) is 22.9. The Morgan fingerprint density at radius 3 is 2.48 bits per heavy atom. The molecule has 0 aliphatic rings. The van der Waals surface area contributed by atoms with Crippen LogP contribution in [0.1, 0.15) is 44.9 Å². The first-order chi connectivity index (χ1) is 21.0. The number of aryl methyl sites for hydroxylation is 2. The van der Waals surface area contributed by atoms with E-state index in [2.05, 4.69) is 23.2 Å². The maximum absolute atomic E-state index is 13.5. The highest BCUT2D eigenvalue weighted by molar-refractivity contribution is 7.22. The third-order valence-electron chi connectivity index (χ3n) is 7.33. The number of carbonyl (C=O) groups excluding carboxylic acids is 1. The summed E-state index contributed by atoms with van der Waals surface area (Å²) < 4.78 is 14.8. The van der Waals surface area contributed by atoms with E-state index < -0.39 is 17.7 Å². The lowest BCUT2D eigenvalue weighted by atomic mass is 9.91. The van der Waals surface area contributed by atoms with Gasteiger partial charge in [0, 0.05) is 52.1 Å². The van der Waals surface area contributed by atoms with Crippen LogP contribution < -0.4 is 0 Å². The Morgan fingerprint density at radius 1 is 1.05 bits per heavy atom. The number of aromatic nitrogens is 4. The van der Waals surface area contributed by atoms with Gasteiger partial charge in [-0.15, -0.1) is 11.3 Å². The largest absolute Gasteiger partial charge is 0.464 e. The normalized spacial score (nSPS) is 12.6. The van der Waals surface area contributed by atoms with E-state index in [1.54, 1.807) is 24.5 Å². The summed E-state index contributed by atoms with van der Waals surface area (Å²) in [6.07, 6.45) is 2.66. The quantitative estimate of drug-likeness (QED) is 0.165. The van der Waals surface area contributed by atoms with Gasteiger partial charge in [-0.2, -0.15) is 5.10 Å². The van der Waals surface area contributed by atoms with Crippen LogP contribution in [0.25, 0.3) is 54.1 Å². The van der Waals surface area contributed by atoms with Gasteiger partial charge >= 0.3 is 5.97 Å². The number of halogens is 1. The Bertz CT molecular complexity index is 1990. The molecule has 0 spiro atoms. The lowest BCUT2D eigenvalue weighted by Gasteiger charge is -2.29. The predicted octanol–water partition coefficient (Wildman–Crippen LogP) is 8.96. The molecule has 0 unspecified atom stereocenters. The van der Waals surface area contributed by atoms with Gasteiger partial charge in [0.05, 0.1) is 27.9 Å². The highest BCUT2D eigenvalue weighted by atomic mass is 35.5. The van der Waals surface area contributed by atoms with Crippen molar-refractivity contribution in [3.63, 3.8) is 0 Å². The molecule has 0 amide bonds. The first-order valence-corrected chi connectivity index (χ1v) is 15.7. The van der Waals surface area contributed by atoms with Gasteiger partial charge in [0.15, 0.2) is 6.10 Å². The van der Waals surface area contributed by atoms with E-state index in [1.165, 1.54) is 0 Å². The molecule has 0 saturated carbocycles. The Hall–Kier alpha value is -4.11. The second-order valence-corrected chi connectivity index (χ2v) is 13.1. The molecule has 0 N–H and O–H groups in total. The molecule has 6 aromatic rings. The van der Waals surface area contributed by atoms with Gasteiger partial charge in [0.2, 0.25) is 0 Å². The minimum atomic E-state index is -0.927. The second kappa shape index (κ2) is 11.8. The van der Waals surface area contributed by atoms with Gasteiger partial charge in [0.25, 0.3) is 0 Å². The molecular weight excluding hydrogens is 592 g/mol. The van der Waals surface area contributed by atoms with Crippen molar-refractivity contribution in [1.82, 2.24) is 19.7 Å². The van der Waals surface area contributed by atoms with Crippen LogP contribution in [-0.4, -0.2) is 37.9 Å². The van der Waals surface area contributed by atoms with E-state index >= 15 is 0 Å². The molecule has 44 heavy (non-hydrogen) atoms. The molecule has 9 heteroatoms. The Morgan fingerprint density at radius 2 is 1.80 bits per heavy atom. The summed E-state index contributed by atoms with van der Waals surface area (Å²) in [6.45, 7) is 9.86. The van der Waals surface area contributed by atoms with Crippen molar-refractivity contribution in [3.05, 3.63) is 89.2 Å². The zero-order valence-electron chi connectivity index (χ0n) is 25.5. The number of hydrogen-bond donors (Lipinski definition) is 0. The summed E-state index contributed by atoms with van der Waals surface area (Å²) in [5, 5.41) is 7.31. The van der Waals surface area contributed by atoms with Crippen molar-refractivity contribution in [2.75, 3.05) is 6.61 Å². The van der Waals surface area contributed by atoms with Gasteiger partial charge in [-0.3, -0.25) is 9.67 Å². The third-order valence-corrected chi connectivity index (χ3v) is 8.72. The summed E-state index contributed by atoms with van der Waals surface area (Å²) >= 11 is 7.89. The van der Waals surface area contributed by atoms with Crippen molar-refractivity contribution in [3.8, 4) is 33.0 Å². The maximum atomic E-state index is 13.5. The van der Waals surface area contributed by atoms with Crippen molar-refractivity contribution in [2.45, 2.75) is 46.3 Å². The van der Waals surface area contributed by atoms with Gasteiger partial charge in [0.1, 0.15) is 10.7 Å². The van der Waals surface area contributed by atoms with Gasteiger partial charge in [-0.25, -0.2) is 9.78 Å². The lowest BCUT2D eigenvalue weighted by molar-refractivity contribution is -0.166. The van der Waals surface area contributed by atoms with Gasteiger partial charge < -0.3 is 9.47 Å². The van der Waals surface area contributed by atoms with Gasteiger partial charge in [-0.1, -0.05) is 23.7 Å². The van der Waals surface area contributed by atoms with Crippen LogP contribution in [0.5, 0.6) is 0 Å². The van der Waals surface area contributed by atoms with Crippen LogP contribution in [0.3, 0.4) is 0 Å². The molecule has 3 aromatic carbocycles. The fraction of sp³-hybridized carbons (Fsp3) is 0.257. The van der Waals surface area contributed by atoms with Crippen molar-refractivity contribution >= 4 is 50.0 Å². The van der Waals surface area contributed by atoms with Crippen LogP contribution >= 0.6 is 22.9 Å². The van der Waals surface area contributed by atoms with E-state index in [4.69, 9.17) is 31.2 Å². The van der Waals surface area contributed by atoms with E-state index in [9.17, 15) is 4.79 Å².